The third-order valence-electron chi connectivity index (χ3n) is 5.27. The summed E-state index contributed by atoms with van der Waals surface area (Å²) in [4.78, 5) is 35.1. The first kappa shape index (κ1) is 17.6. The van der Waals surface area contributed by atoms with Gasteiger partial charge in [0.1, 0.15) is 5.69 Å². The van der Waals surface area contributed by atoms with E-state index in [1.165, 1.54) is 12.7 Å². The highest BCUT2D eigenvalue weighted by Crippen LogP contribution is 2.18. The van der Waals surface area contributed by atoms with Gasteiger partial charge in [-0.15, -0.1) is 0 Å². The average Bonchev–Trinajstić information content (AvgIpc) is 3.28. The standard InChI is InChI=1S/C20H24N4O3/c25-19(23-8-2-1-3-9-23)17-7-6-16(15-21-17)22-10-12-24(13-11-22)20(26)18-5-4-14-27-18/h4-7,14-15H,1-3,8-13H2. The number of carbonyl (C=O) groups is 2. The molecule has 2 fully saturated rings. The van der Waals surface area contributed by atoms with Crippen LogP contribution in [0.3, 0.4) is 0 Å². The van der Waals surface area contributed by atoms with Crippen LogP contribution in [0.2, 0.25) is 0 Å². The molecule has 7 heteroatoms. The Morgan fingerprint density at radius 1 is 0.852 bits per heavy atom. The molecule has 0 unspecified atom stereocenters. The molecule has 2 saturated heterocycles. The number of furan rings is 1. The third kappa shape index (κ3) is 3.82. The van der Waals surface area contributed by atoms with Gasteiger partial charge in [0, 0.05) is 39.3 Å². The van der Waals surface area contributed by atoms with Crippen LogP contribution < -0.4 is 4.90 Å². The molecule has 0 radical (unpaired) electrons. The molecule has 0 atom stereocenters. The monoisotopic (exact) mass is 368 g/mol. The van der Waals surface area contributed by atoms with Crippen molar-refractivity contribution in [2.45, 2.75) is 19.3 Å². The molecule has 4 heterocycles. The van der Waals surface area contributed by atoms with Crippen molar-refractivity contribution >= 4 is 17.5 Å². The molecular formula is C20H24N4O3. The molecule has 0 spiro atoms. The van der Waals surface area contributed by atoms with E-state index in [2.05, 4.69) is 9.88 Å². The lowest BCUT2D eigenvalue weighted by Gasteiger charge is -2.35. The van der Waals surface area contributed by atoms with Crippen molar-refractivity contribution in [1.82, 2.24) is 14.8 Å². The lowest BCUT2D eigenvalue weighted by molar-refractivity contribution is 0.0708. The van der Waals surface area contributed by atoms with E-state index >= 15 is 0 Å². The van der Waals surface area contributed by atoms with Crippen molar-refractivity contribution in [3.05, 3.63) is 48.2 Å². The van der Waals surface area contributed by atoms with Gasteiger partial charge in [-0.3, -0.25) is 9.59 Å². The average molecular weight is 368 g/mol. The summed E-state index contributed by atoms with van der Waals surface area (Å²) in [6.07, 6.45) is 6.63. The minimum Gasteiger partial charge on any atom is -0.459 e. The van der Waals surface area contributed by atoms with Crippen LogP contribution in [-0.4, -0.2) is 65.9 Å². The molecule has 0 aromatic carbocycles. The van der Waals surface area contributed by atoms with Crippen LogP contribution in [0, 0.1) is 0 Å². The van der Waals surface area contributed by atoms with Gasteiger partial charge in [0.05, 0.1) is 18.1 Å². The molecule has 2 aromatic rings. The van der Waals surface area contributed by atoms with Crippen LogP contribution in [0.4, 0.5) is 5.69 Å². The van der Waals surface area contributed by atoms with Crippen molar-refractivity contribution in [2.75, 3.05) is 44.2 Å². The number of likely N-dealkylation sites (tertiary alicyclic amines) is 1. The van der Waals surface area contributed by atoms with E-state index in [-0.39, 0.29) is 11.8 Å². The second-order valence-electron chi connectivity index (χ2n) is 7.01. The number of carbonyl (C=O) groups excluding carboxylic acids is 2. The summed E-state index contributed by atoms with van der Waals surface area (Å²) in [7, 11) is 0. The van der Waals surface area contributed by atoms with Crippen LogP contribution >= 0.6 is 0 Å². The van der Waals surface area contributed by atoms with E-state index in [1.807, 2.05) is 17.0 Å². The molecule has 142 valence electrons. The van der Waals surface area contributed by atoms with Gasteiger partial charge >= 0.3 is 0 Å². The van der Waals surface area contributed by atoms with Gasteiger partial charge in [-0.1, -0.05) is 0 Å². The van der Waals surface area contributed by atoms with E-state index < -0.39 is 0 Å². The minimum absolute atomic E-state index is 0.0233. The maximum atomic E-state index is 12.5. The smallest absolute Gasteiger partial charge is 0.289 e. The van der Waals surface area contributed by atoms with Crippen LogP contribution in [0.25, 0.3) is 0 Å². The van der Waals surface area contributed by atoms with E-state index in [9.17, 15) is 9.59 Å². The Labute approximate surface area is 158 Å². The van der Waals surface area contributed by atoms with E-state index in [1.54, 1.807) is 23.2 Å². The number of piperazine rings is 1. The first-order valence-electron chi connectivity index (χ1n) is 9.55. The molecule has 0 saturated carbocycles. The summed E-state index contributed by atoms with van der Waals surface area (Å²) < 4.78 is 5.19. The third-order valence-corrected chi connectivity index (χ3v) is 5.27. The predicted octanol–water partition coefficient (Wildman–Crippen LogP) is 2.26. The van der Waals surface area contributed by atoms with Crippen LogP contribution in [0.5, 0.6) is 0 Å². The Morgan fingerprint density at radius 2 is 1.59 bits per heavy atom. The molecule has 7 nitrogen and oxygen atoms in total. The maximum Gasteiger partial charge on any atom is 0.289 e. The van der Waals surface area contributed by atoms with Crippen molar-refractivity contribution in [1.29, 1.82) is 0 Å². The van der Waals surface area contributed by atoms with Crippen LogP contribution in [0.15, 0.2) is 41.1 Å². The van der Waals surface area contributed by atoms with Gasteiger partial charge in [-0.25, -0.2) is 4.98 Å². The molecule has 0 bridgehead atoms. The number of rotatable bonds is 3. The molecule has 0 N–H and O–H groups in total. The Hall–Kier alpha value is -2.83. The van der Waals surface area contributed by atoms with Gasteiger partial charge < -0.3 is 19.1 Å². The second kappa shape index (κ2) is 7.82. The molecule has 0 aliphatic carbocycles. The lowest BCUT2D eigenvalue weighted by Crippen LogP contribution is -2.48. The summed E-state index contributed by atoms with van der Waals surface area (Å²) in [5.74, 6) is 0.334. The Bertz CT molecular complexity index is 774. The summed E-state index contributed by atoms with van der Waals surface area (Å²) in [5, 5.41) is 0. The fourth-order valence-electron chi connectivity index (χ4n) is 3.68. The quantitative estimate of drug-likeness (QED) is 0.831. The molecular weight excluding hydrogens is 344 g/mol. The van der Waals surface area contributed by atoms with Gasteiger partial charge in [-0.2, -0.15) is 0 Å². The number of hydrogen-bond acceptors (Lipinski definition) is 5. The van der Waals surface area contributed by atoms with Crippen molar-refractivity contribution in [3.63, 3.8) is 0 Å². The topological polar surface area (TPSA) is 69.9 Å². The lowest BCUT2D eigenvalue weighted by atomic mass is 10.1. The van der Waals surface area contributed by atoms with E-state index in [0.29, 0.717) is 24.5 Å². The maximum absolute atomic E-state index is 12.5. The second-order valence-corrected chi connectivity index (χ2v) is 7.01. The number of hydrogen-bond donors (Lipinski definition) is 0. The van der Waals surface area contributed by atoms with Crippen LogP contribution in [0.1, 0.15) is 40.3 Å². The molecule has 4 rings (SSSR count). The predicted molar refractivity (Wildman–Crippen MR) is 101 cm³/mol. The highest BCUT2D eigenvalue weighted by Gasteiger charge is 2.24. The van der Waals surface area contributed by atoms with Gasteiger partial charge in [0.2, 0.25) is 0 Å². The summed E-state index contributed by atoms with van der Waals surface area (Å²) >= 11 is 0. The van der Waals surface area contributed by atoms with Crippen LogP contribution in [-0.2, 0) is 0 Å². The highest BCUT2D eigenvalue weighted by atomic mass is 16.3. The molecule has 2 aromatic heterocycles. The Kier molecular flexibility index (Phi) is 5.09. The normalized spacial score (nSPS) is 17.9. The SMILES string of the molecule is O=C(c1ccc(N2CCN(C(=O)c3ccco3)CC2)cn1)N1CCCCC1. The zero-order chi connectivity index (χ0) is 18.6. The van der Waals surface area contributed by atoms with Crippen molar-refractivity contribution < 1.29 is 14.0 Å². The first-order valence-corrected chi connectivity index (χ1v) is 9.55. The number of pyridine rings is 1. The number of anilines is 1. The molecule has 2 aliphatic rings. The Morgan fingerprint density at radius 3 is 2.22 bits per heavy atom. The van der Waals surface area contributed by atoms with Gasteiger partial charge in [0.15, 0.2) is 5.76 Å². The van der Waals surface area contributed by atoms with E-state index in [0.717, 1.165) is 44.7 Å². The van der Waals surface area contributed by atoms with Gasteiger partial charge in [-0.05, 0) is 43.5 Å². The number of aromatic nitrogens is 1. The Balaban J connectivity index is 1.34. The largest absolute Gasteiger partial charge is 0.459 e. The number of nitrogens with zero attached hydrogens (tertiary/aromatic N) is 4. The molecule has 2 aliphatic heterocycles. The number of amides is 2. The first-order chi connectivity index (χ1) is 13.2. The van der Waals surface area contributed by atoms with Crippen molar-refractivity contribution in [2.24, 2.45) is 0 Å². The molecule has 2 amide bonds. The number of piperidine rings is 1. The van der Waals surface area contributed by atoms with Gasteiger partial charge in [0.25, 0.3) is 11.8 Å². The summed E-state index contributed by atoms with van der Waals surface area (Å²) in [6, 6.07) is 7.18. The molecule has 27 heavy (non-hydrogen) atoms. The zero-order valence-corrected chi connectivity index (χ0v) is 15.3. The minimum atomic E-state index is -0.0692. The summed E-state index contributed by atoms with van der Waals surface area (Å²) in [5.41, 5.74) is 1.49. The fraction of sp³-hybridized carbons (Fsp3) is 0.450. The highest BCUT2D eigenvalue weighted by molar-refractivity contribution is 5.92. The summed E-state index contributed by atoms with van der Waals surface area (Å²) in [6.45, 7) is 4.38. The van der Waals surface area contributed by atoms with E-state index in [4.69, 9.17) is 4.42 Å². The van der Waals surface area contributed by atoms with Crippen molar-refractivity contribution in [3.8, 4) is 0 Å². The fourth-order valence-corrected chi connectivity index (χ4v) is 3.68. The zero-order valence-electron chi connectivity index (χ0n) is 15.3.